The Morgan fingerprint density at radius 1 is 0.889 bits per heavy atom. The van der Waals surface area contributed by atoms with E-state index in [0.717, 1.165) is 19.6 Å². The van der Waals surface area contributed by atoms with Crippen molar-refractivity contribution in [2.45, 2.75) is 6.54 Å². The highest BCUT2D eigenvalue weighted by molar-refractivity contribution is 5.78. The lowest BCUT2D eigenvalue weighted by Crippen LogP contribution is -2.49. The Balaban J connectivity index is 1.50. The van der Waals surface area contributed by atoms with Gasteiger partial charge in [0.1, 0.15) is 0 Å². The summed E-state index contributed by atoms with van der Waals surface area (Å²) < 4.78 is 16.3. The van der Waals surface area contributed by atoms with Crippen LogP contribution in [0.5, 0.6) is 17.2 Å². The summed E-state index contributed by atoms with van der Waals surface area (Å²) in [6, 6.07) is 15.8. The Morgan fingerprint density at radius 2 is 1.52 bits per heavy atom. The molecule has 0 unspecified atom stereocenters. The molecular formula is C21H26N2O4. The number of amides is 1. The van der Waals surface area contributed by atoms with Crippen molar-refractivity contribution in [1.29, 1.82) is 0 Å². The van der Waals surface area contributed by atoms with Gasteiger partial charge in [0.2, 0.25) is 5.75 Å². The van der Waals surface area contributed by atoms with Crippen LogP contribution in [-0.2, 0) is 11.3 Å². The molecule has 144 valence electrons. The molecule has 2 aromatic rings. The summed E-state index contributed by atoms with van der Waals surface area (Å²) >= 11 is 0. The lowest BCUT2D eigenvalue weighted by Gasteiger charge is -2.34. The van der Waals surface area contributed by atoms with Crippen LogP contribution in [0.15, 0.2) is 48.5 Å². The monoisotopic (exact) mass is 370 g/mol. The number of carbonyl (C=O) groups is 1. The van der Waals surface area contributed by atoms with E-state index in [0.29, 0.717) is 30.3 Å². The van der Waals surface area contributed by atoms with E-state index in [2.05, 4.69) is 29.2 Å². The van der Waals surface area contributed by atoms with Gasteiger partial charge in [-0.3, -0.25) is 9.69 Å². The van der Waals surface area contributed by atoms with Crippen LogP contribution in [0.1, 0.15) is 5.56 Å². The Bertz CT molecular complexity index is 721. The predicted octanol–water partition coefficient (Wildman–Crippen LogP) is 2.43. The molecule has 1 amide bonds. The van der Waals surface area contributed by atoms with E-state index in [-0.39, 0.29) is 12.5 Å². The SMILES string of the molecule is COc1cccc(OC)c1OCC(=O)N1CCN(Cc2ccccc2)CC1. The second kappa shape index (κ2) is 9.28. The highest BCUT2D eigenvalue weighted by Gasteiger charge is 2.22. The molecule has 1 heterocycles. The first kappa shape index (κ1) is 19.0. The fourth-order valence-corrected chi connectivity index (χ4v) is 3.18. The molecule has 0 bridgehead atoms. The lowest BCUT2D eigenvalue weighted by molar-refractivity contribution is -0.135. The van der Waals surface area contributed by atoms with Crippen LogP contribution in [0.2, 0.25) is 0 Å². The van der Waals surface area contributed by atoms with Crippen LogP contribution in [-0.4, -0.2) is 62.7 Å². The maximum absolute atomic E-state index is 12.5. The Morgan fingerprint density at radius 3 is 2.11 bits per heavy atom. The maximum Gasteiger partial charge on any atom is 0.260 e. The molecule has 1 saturated heterocycles. The molecule has 0 saturated carbocycles. The van der Waals surface area contributed by atoms with Gasteiger partial charge in [-0.15, -0.1) is 0 Å². The average molecular weight is 370 g/mol. The van der Waals surface area contributed by atoms with E-state index in [9.17, 15) is 4.79 Å². The van der Waals surface area contributed by atoms with Crippen molar-refractivity contribution in [1.82, 2.24) is 9.80 Å². The van der Waals surface area contributed by atoms with Crippen LogP contribution >= 0.6 is 0 Å². The summed E-state index contributed by atoms with van der Waals surface area (Å²) in [7, 11) is 3.13. The van der Waals surface area contributed by atoms with Gasteiger partial charge in [0.25, 0.3) is 5.91 Å². The van der Waals surface area contributed by atoms with Gasteiger partial charge in [-0.1, -0.05) is 36.4 Å². The molecular weight excluding hydrogens is 344 g/mol. The molecule has 0 N–H and O–H groups in total. The van der Waals surface area contributed by atoms with Crippen molar-refractivity contribution in [2.24, 2.45) is 0 Å². The van der Waals surface area contributed by atoms with Crippen LogP contribution in [0, 0.1) is 0 Å². The lowest BCUT2D eigenvalue weighted by atomic mass is 10.2. The molecule has 0 aliphatic carbocycles. The van der Waals surface area contributed by atoms with Crippen molar-refractivity contribution in [3.05, 3.63) is 54.1 Å². The summed E-state index contributed by atoms with van der Waals surface area (Å²) in [6.07, 6.45) is 0. The van der Waals surface area contributed by atoms with Gasteiger partial charge in [-0.05, 0) is 17.7 Å². The molecule has 0 radical (unpaired) electrons. The van der Waals surface area contributed by atoms with Crippen molar-refractivity contribution in [2.75, 3.05) is 47.0 Å². The molecule has 0 atom stereocenters. The van der Waals surface area contributed by atoms with E-state index >= 15 is 0 Å². The number of ether oxygens (including phenoxy) is 3. The number of nitrogens with zero attached hydrogens (tertiary/aromatic N) is 2. The number of hydrogen-bond acceptors (Lipinski definition) is 5. The van der Waals surface area contributed by atoms with Crippen molar-refractivity contribution < 1.29 is 19.0 Å². The quantitative estimate of drug-likeness (QED) is 0.749. The predicted molar refractivity (Wildman–Crippen MR) is 103 cm³/mol. The number of methoxy groups -OCH3 is 2. The standard InChI is InChI=1S/C21H26N2O4/c1-25-18-9-6-10-19(26-2)21(18)27-16-20(24)23-13-11-22(12-14-23)15-17-7-4-3-5-8-17/h3-10H,11-16H2,1-2H3. The summed E-state index contributed by atoms with van der Waals surface area (Å²) in [5.74, 6) is 1.53. The van der Waals surface area contributed by atoms with E-state index in [4.69, 9.17) is 14.2 Å². The smallest absolute Gasteiger partial charge is 0.260 e. The number of carbonyl (C=O) groups excluding carboxylic acids is 1. The molecule has 6 nitrogen and oxygen atoms in total. The summed E-state index contributed by atoms with van der Waals surface area (Å²) in [5.41, 5.74) is 1.30. The number of hydrogen-bond donors (Lipinski definition) is 0. The summed E-state index contributed by atoms with van der Waals surface area (Å²) in [5, 5.41) is 0. The molecule has 1 aliphatic heterocycles. The maximum atomic E-state index is 12.5. The molecule has 6 heteroatoms. The molecule has 0 spiro atoms. The first-order valence-corrected chi connectivity index (χ1v) is 9.09. The fraction of sp³-hybridized carbons (Fsp3) is 0.381. The second-order valence-electron chi connectivity index (χ2n) is 6.42. The third kappa shape index (κ3) is 4.92. The van der Waals surface area contributed by atoms with Gasteiger partial charge in [-0.25, -0.2) is 0 Å². The molecule has 3 rings (SSSR count). The Kier molecular flexibility index (Phi) is 6.54. The number of para-hydroxylation sites is 1. The largest absolute Gasteiger partial charge is 0.493 e. The zero-order valence-corrected chi connectivity index (χ0v) is 15.9. The third-order valence-electron chi connectivity index (χ3n) is 4.70. The second-order valence-corrected chi connectivity index (χ2v) is 6.42. The van der Waals surface area contributed by atoms with Crippen LogP contribution < -0.4 is 14.2 Å². The average Bonchev–Trinajstić information content (AvgIpc) is 2.73. The summed E-state index contributed by atoms with van der Waals surface area (Å²) in [4.78, 5) is 16.8. The molecule has 2 aromatic carbocycles. The fourth-order valence-electron chi connectivity index (χ4n) is 3.18. The normalized spacial score (nSPS) is 14.7. The van der Waals surface area contributed by atoms with Gasteiger partial charge in [0.05, 0.1) is 14.2 Å². The van der Waals surface area contributed by atoms with Gasteiger partial charge < -0.3 is 19.1 Å². The minimum Gasteiger partial charge on any atom is -0.493 e. The zero-order valence-electron chi connectivity index (χ0n) is 15.9. The highest BCUT2D eigenvalue weighted by atomic mass is 16.5. The summed E-state index contributed by atoms with van der Waals surface area (Å²) in [6.45, 7) is 4.01. The minimum atomic E-state index is -0.0323. The van der Waals surface area contributed by atoms with Gasteiger partial charge in [0.15, 0.2) is 18.1 Å². The molecule has 1 aliphatic rings. The van der Waals surface area contributed by atoms with Crippen molar-refractivity contribution in [3.8, 4) is 17.2 Å². The van der Waals surface area contributed by atoms with Gasteiger partial charge >= 0.3 is 0 Å². The minimum absolute atomic E-state index is 0.0256. The van der Waals surface area contributed by atoms with Gasteiger partial charge in [-0.2, -0.15) is 0 Å². The van der Waals surface area contributed by atoms with Crippen molar-refractivity contribution >= 4 is 5.91 Å². The van der Waals surface area contributed by atoms with E-state index in [1.807, 2.05) is 17.0 Å². The number of piperazine rings is 1. The van der Waals surface area contributed by atoms with E-state index < -0.39 is 0 Å². The number of benzene rings is 2. The van der Waals surface area contributed by atoms with E-state index in [1.54, 1.807) is 26.4 Å². The molecule has 0 aromatic heterocycles. The first-order chi connectivity index (χ1) is 13.2. The molecule has 1 fully saturated rings. The Hall–Kier alpha value is -2.73. The van der Waals surface area contributed by atoms with Crippen LogP contribution in [0.3, 0.4) is 0 Å². The zero-order chi connectivity index (χ0) is 19.1. The molecule has 27 heavy (non-hydrogen) atoms. The number of rotatable bonds is 7. The Labute approximate surface area is 160 Å². The van der Waals surface area contributed by atoms with Crippen molar-refractivity contribution in [3.63, 3.8) is 0 Å². The van der Waals surface area contributed by atoms with Crippen LogP contribution in [0.4, 0.5) is 0 Å². The van der Waals surface area contributed by atoms with Crippen LogP contribution in [0.25, 0.3) is 0 Å². The third-order valence-corrected chi connectivity index (χ3v) is 4.70. The topological polar surface area (TPSA) is 51.2 Å². The van der Waals surface area contributed by atoms with Gasteiger partial charge in [0, 0.05) is 32.7 Å². The first-order valence-electron chi connectivity index (χ1n) is 9.09. The highest BCUT2D eigenvalue weighted by Crippen LogP contribution is 2.36. The van der Waals surface area contributed by atoms with E-state index in [1.165, 1.54) is 5.56 Å².